The van der Waals surface area contributed by atoms with Crippen LogP contribution in [0.2, 0.25) is 0 Å². The number of sulfonamides is 1. The number of nitrogens with one attached hydrogen (secondary N) is 2. The van der Waals surface area contributed by atoms with Crippen LogP contribution in [0, 0.1) is 0 Å². The zero-order chi connectivity index (χ0) is 23.5. The molecule has 0 bridgehead atoms. The van der Waals surface area contributed by atoms with Crippen molar-refractivity contribution < 1.29 is 13.2 Å². The number of carbonyl (C=O) groups is 1. The fourth-order valence-corrected chi connectivity index (χ4v) is 4.63. The van der Waals surface area contributed by atoms with Gasteiger partial charge in [0.05, 0.1) is 4.90 Å². The topological polar surface area (TPSA) is 75.3 Å². The van der Waals surface area contributed by atoms with Crippen molar-refractivity contribution in [3.63, 3.8) is 0 Å². The Labute approximate surface area is 197 Å². The minimum atomic E-state index is -3.55. The molecule has 5 nitrogen and oxygen atoms in total. The molecular formula is C27H32N2O3S. The van der Waals surface area contributed by atoms with Crippen LogP contribution < -0.4 is 10.0 Å². The second-order valence-corrected chi connectivity index (χ2v) is 10.0. The van der Waals surface area contributed by atoms with Crippen LogP contribution in [-0.4, -0.2) is 26.9 Å². The number of hydrogen-bond acceptors (Lipinski definition) is 3. The minimum absolute atomic E-state index is 0.00911. The Bertz CT molecular complexity index is 1100. The Hall–Kier alpha value is -2.96. The van der Waals surface area contributed by atoms with Gasteiger partial charge in [0.1, 0.15) is 0 Å². The van der Waals surface area contributed by atoms with Gasteiger partial charge < -0.3 is 5.32 Å². The van der Waals surface area contributed by atoms with E-state index in [0.29, 0.717) is 25.8 Å². The molecule has 0 aliphatic heterocycles. The summed E-state index contributed by atoms with van der Waals surface area (Å²) in [4.78, 5) is 12.5. The highest BCUT2D eigenvalue weighted by Gasteiger charge is 2.14. The van der Waals surface area contributed by atoms with Gasteiger partial charge in [-0.15, -0.1) is 0 Å². The van der Waals surface area contributed by atoms with Crippen LogP contribution >= 0.6 is 0 Å². The zero-order valence-corrected chi connectivity index (χ0v) is 19.9. The average Bonchev–Trinajstić information content (AvgIpc) is 2.83. The van der Waals surface area contributed by atoms with Gasteiger partial charge in [0.25, 0.3) is 0 Å². The molecule has 0 fully saturated rings. The van der Waals surface area contributed by atoms with Crippen LogP contribution in [0.25, 0.3) is 0 Å². The number of rotatable bonds is 12. The Morgan fingerprint density at radius 3 is 1.91 bits per heavy atom. The van der Waals surface area contributed by atoms with Crippen LogP contribution in [0.3, 0.4) is 0 Å². The average molecular weight is 465 g/mol. The predicted octanol–water partition coefficient (Wildman–Crippen LogP) is 4.28. The van der Waals surface area contributed by atoms with Gasteiger partial charge in [-0.1, -0.05) is 72.8 Å². The van der Waals surface area contributed by atoms with E-state index in [1.54, 1.807) is 24.3 Å². The Morgan fingerprint density at radius 1 is 0.758 bits per heavy atom. The number of aryl methyl sites for hydroxylation is 2. The Morgan fingerprint density at radius 2 is 1.30 bits per heavy atom. The van der Waals surface area contributed by atoms with Gasteiger partial charge in [-0.3, -0.25) is 4.79 Å². The maximum Gasteiger partial charge on any atom is 0.240 e. The number of carbonyl (C=O) groups excluding carboxylic acids is 1. The van der Waals surface area contributed by atoms with Gasteiger partial charge >= 0.3 is 0 Å². The van der Waals surface area contributed by atoms with Crippen molar-refractivity contribution in [1.29, 1.82) is 0 Å². The molecule has 0 aromatic heterocycles. The van der Waals surface area contributed by atoms with E-state index in [9.17, 15) is 13.2 Å². The first kappa shape index (κ1) is 24.7. The van der Waals surface area contributed by atoms with E-state index in [2.05, 4.69) is 22.2 Å². The van der Waals surface area contributed by atoms with E-state index < -0.39 is 10.0 Å². The molecule has 1 amide bonds. The van der Waals surface area contributed by atoms with Crippen molar-refractivity contribution >= 4 is 15.9 Å². The molecule has 3 rings (SSSR count). The summed E-state index contributed by atoms with van der Waals surface area (Å²) in [6.07, 6.45) is 3.39. The molecule has 0 aliphatic rings. The lowest BCUT2D eigenvalue weighted by atomic mass is 10.1. The first-order valence-electron chi connectivity index (χ1n) is 11.4. The van der Waals surface area contributed by atoms with E-state index >= 15 is 0 Å². The third kappa shape index (κ3) is 8.48. The predicted molar refractivity (Wildman–Crippen MR) is 132 cm³/mol. The van der Waals surface area contributed by atoms with Crippen LogP contribution in [0.5, 0.6) is 0 Å². The molecule has 0 radical (unpaired) electrons. The molecule has 0 saturated heterocycles. The third-order valence-corrected chi connectivity index (χ3v) is 7.02. The fourth-order valence-electron chi connectivity index (χ4n) is 3.60. The van der Waals surface area contributed by atoms with Gasteiger partial charge in [-0.25, -0.2) is 13.1 Å². The molecule has 3 aromatic carbocycles. The van der Waals surface area contributed by atoms with E-state index in [0.717, 1.165) is 24.0 Å². The highest BCUT2D eigenvalue weighted by atomic mass is 32.2. The molecule has 2 N–H and O–H groups in total. The lowest BCUT2D eigenvalue weighted by molar-refractivity contribution is -0.121. The highest BCUT2D eigenvalue weighted by Crippen LogP contribution is 2.12. The molecule has 0 unspecified atom stereocenters. The monoisotopic (exact) mass is 464 g/mol. The smallest absolute Gasteiger partial charge is 0.240 e. The lowest BCUT2D eigenvalue weighted by Crippen LogP contribution is -2.33. The molecule has 0 saturated carbocycles. The van der Waals surface area contributed by atoms with Crippen LogP contribution in [0.1, 0.15) is 36.5 Å². The van der Waals surface area contributed by atoms with E-state index in [1.807, 2.05) is 55.5 Å². The normalized spacial score (nSPS) is 12.3. The molecule has 1 atom stereocenters. The first-order chi connectivity index (χ1) is 15.9. The number of hydrogen-bond donors (Lipinski definition) is 2. The Kier molecular flexibility index (Phi) is 9.22. The van der Waals surface area contributed by atoms with Crippen molar-refractivity contribution in [3.05, 3.63) is 102 Å². The van der Waals surface area contributed by atoms with Gasteiger partial charge in [-0.2, -0.15) is 0 Å². The molecule has 0 heterocycles. The van der Waals surface area contributed by atoms with E-state index in [4.69, 9.17) is 0 Å². The van der Waals surface area contributed by atoms with Crippen molar-refractivity contribution in [2.45, 2.75) is 50.0 Å². The fraction of sp³-hybridized carbons (Fsp3) is 0.296. The first-order valence-corrected chi connectivity index (χ1v) is 12.9. The van der Waals surface area contributed by atoms with Gasteiger partial charge in [0, 0.05) is 19.0 Å². The molecule has 0 aliphatic carbocycles. The molecule has 174 valence electrons. The van der Waals surface area contributed by atoms with Gasteiger partial charge in [0.15, 0.2) is 0 Å². The van der Waals surface area contributed by atoms with Crippen molar-refractivity contribution in [1.82, 2.24) is 10.0 Å². The third-order valence-electron chi connectivity index (χ3n) is 5.54. The summed E-state index contributed by atoms with van der Waals surface area (Å²) in [6, 6.07) is 26.9. The standard InChI is InChI=1S/C27H32N2O3S/c1-22(12-13-23-8-4-2-5-9-23)29-27(30)19-16-25-14-17-26(18-15-25)33(31,32)28-21-20-24-10-6-3-7-11-24/h2-11,14-15,17-18,22,28H,12-13,16,19-21H2,1H3,(H,29,30)/t22-/m1/s1. The maximum atomic E-state index is 12.5. The maximum absolute atomic E-state index is 12.5. The minimum Gasteiger partial charge on any atom is -0.354 e. The van der Waals surface area contributed by atoms with Crippen LogP contribution in [-0.2, 0) is 34.1 Å². The summed E-state index contributed by atoms with van der Waals surface area (Å²) in [6.45, 7) is 2.36. The summed E-state index contributed by atoms with van der Waals surface area (Å²) in [7, 11) is -3.55. The van der Waals surface area contributed by atoms with Crippen molar-refractivity contribution in [2.24, 2.45) is 0 Å². The highest BCUT2D eigenvalue weighted by molar-refractivity contribution is 7.89. The second-order valence-electron chi connectivity index (χ2n) is 8.27. The van der Waals surface area contributed by atoms with E-state index in [-0.39, 0.29) is 16.8 Å². The van der Waals surface area contributed by atoms with Gasteiger partial charge in [-0.05, 0) is 61.4 Å². The molecule has 33 heavy (non-hydrogen) atoms. The summed E-state index contributed by atoms with van der Waals surface area (Å²) in [5.74, 6) is 0.00911. The summed E-state index contributed by atoms with van der Waals surface area (Å²) >= 11 is 0. The second kappa shape index (κ2) is 12.3. The van der Waals surface area contributed by atoms with Crippen molar-refractivity contribution in [2.75, 3.05) is 6.54 Å². The molecular weight excluding hydrogens is 432 g/mol. The van der Waals surface area contributed by atoms with Gasteiger partial charge in [0.2, 0.25) is 15.9 Å². The molecule has 6 heteroatoms. The summed E-state index contributed by atoms with van der Waals surface area (Å²) in [5.41, 5.74) is 3.29. The number of amides is 1. The zero-order valence-electron chi connectivity index (χ0n) is 19.0. The summed E-state index contributed by atoms with van der Waals surface area (Å²) in [5, 5.41) is 3.05. The SMILES string of the molecule is C[C@H](CCc1ccccc1)NC(=O)CCc1ccc(S(=O)(=O)NCCc2ccccc2)cc1. The quantitative estimate of drug-likeness (QED) is 0.420. The lowest BCUT2D eigenvalue weighted by Gasteiger charge is -2.14. The number of benzene rings is 3. The van der Waals surface area contributed by atoms with E-state index in [1.165, 1.54) is 5.56 Å². The van der Waals surface area contributed by atoms with Crippen LogP contribution in [0.4, 0.5) is 0 Å². The van der Waals surface area contributed by atoms with Crippen molar-refractivity contribution in [3.8, 4) is 0 Å². The molecule has 3 aromatic rings. The Balaban J connectivity index is 1.40. The largest absolute Gasteiger partial charge is 0.354 e. The summed E-state index contributed by atoms with van der Waals surface area (Å²) < 4.78 is 27.7. The molecule has 0 spiro atoms. The van der Waals surface area contributed by atoms with Crippen LogP contribution in [0.15, 0.2) is 89.8 Å².